The predicted molar refractivity (Wildman–Crippen MR) is 93.6 cm³/mol. The maximum absolute atomic E-state index is 13.2. The normalized spacial score (nSPS) is 16.3. The Hall–Kier alpha value is -3.09. The Balaban J connectivity index is 1.79. The minimum atomic E-state index is -0.457. The van der Waals surface area contributed by atoms with Gasteiger partial charge in [0, 0.05) is 35.4 Å². The molecule has 0 bridgehead atoms. The monoisotopic (exact) mass is 352 g/mol. The Morgan fingerprint density at radius 3 is 1.46 bits per heavy atom. The number of rotatable bonds is 6. The van der Waals surface area contributed by atoms with E-state index in [4.69, 9.17) is 0 Å². The molecule has 0 aliphatic heterocycles. The van der Waals surface area contributed by atoms with Crippen LogP contribution in [0.25, 0.3) is 0 Å². The summed E-state index contributed by atoms with van der Waals surface area (Å²) < 4.78 is 0. The van der Waals surface area contributed by atoms with Crippen LogP contribution in [-0.4, -0.2) is 15.6 Å². The smallest absolute Gasteiger partial charge is 0.269 e. The van der Waals surface area contributed by atoms with E-state index in [0.717, 1.165) is 25.7 Å². The molecule has 2 aromatic rings. The van der Waals surface area contributed by atoms with E-state index in [1.807, 2.05) is 0 Å². The highest BCUT2D eigenvalue weighted by molar-refractivity contribution is 6.11. The van der Waals surface area contributed by atoms with E-state index in [-0.39, 0.29) is 29.0 Å². The Morgan fingerprint density at radius 1 is 0.769 bits per heavy atom. The van der Waals surface area contributed by atoms with Gasteiger partial charge in [0.05, 0.1) is 9.85 Å². The summed E-state index contributed by atoms with van der Waals surface area (Å²) in [6.45, 7) is 0. The lowest BCUT2D eigenvalue weighted by Crippen LogP contribution is -2.09. The Kier molecular flexibility index (Phi) is 3.79. The molecule has 0 radical (unpaired) electrons. The lowest BCUT2D eigenvalue weighted by Gasteiger charge is -2.11. The summed E-state index contributed by atoms with van der Waals surface area (Å²) >= 11 is 0. The molecule has 2 saturated carbocycles. The zero-order valence-electron chi connectivity index (χ0n) is 13.9. The third-order valence-corrected chi connectivity index (χ3v) is 5.02. The van der Waals surface area contributed by atoms with Gasteiger partial charge in [0.15, 0.2) is 5.78 Å². The van der Waals surface area contributed by atoms with Crippen LogP contribution in [0.1, 0.15) is 64.6 Å². The average Bonchev–Trinajstić information content (AvgIpc) is 3.52. The molecule has 132 valence electrons. The minimum absolute atomic E-state index is 0.0189. The van der Waals surface area contributed by atoms with Crippen LogP contribution in [0, 0.1) is 20.2 Å². The van der Waals surface area contributed by atoms with Crippen LogP contribution in [0.2, 0.25) is 0 Å². The van der Waals surface area contributed by atoms with Gasteiger partial charge < -0.3 is 0 Å². The number of nitro groups is 2. The van der Waals surface area contributed by atoms with Crippen LogP contribution in [0.3, 0.4) is 0 Å². The first-order valence-electron chi connectivity index (χ1n) is 8.57. The van der Waals surface area contributed by atoms with Gasteiger partial charge in [0.2, 0.25) is 0 Å². The van der Waals surface area contributed by atoms with Gasteiger partial charge in [-0.3, -0.25) is 25.0 Å². The van der Waals surface area contributed by atoms with E-state index in [0.29, 0.717) is 22.3 Å². The maximum Gasteiger partial charge on any atom is 0.269 e. The maximum atomic E-state index is 13.2. The van der Waals surface area contributed by atoms with E-state index < -0.39 is 9.85 Å². The topological polar surface area (TPSA) is 103 Å². The Labute approximate surface area is 148 Å². The number of benzene rings is 2. The Morgan fingerprint density at radius 2 is 1.15 bits per heavy atom. The summed E-state index contributed by atoms with van der Waals surface area (Å²) in [5.74, 6) is 0.145. The fourth-order valence-electron chi connectivity index (χ4n) is 3.35. The molecular weight excluding hydrogens is 336 g/mol. The first-order chi connectivity index (χ1) is 12.5. The third-order valence-electron chi connectivity index (χ3n) is 5.02. The molecule has 7 nitrogen and oxygen atoms in total. The van der Waals surface area contributed by atoms with Crippen molar-refractivity contribution in [3.63, 3.8) is 0 Å². The average molecular weight is 352 g/mol. The fourth-order valence-corrected chi connectivity index (χ4v) is 3.35. The summed E-state index contributed by atoms with van der Waals surface area (Å²) in [6.07, 6.45) is 3.66. The molecule has 7 heteroatoms. The van der Waals surface area contributed by atoms with Crippen molar-refractivity contribution >= 4 is 17.2 Å². The number of hydrogen-bond acceptors (Lipinski definition) is 5. The quantitative estimate of drug-likeness (QED) is 0.433. The van der Waals surface area contributed by atoms with Gasteiger partial charge in [0.25, 0.3) is 11.4 Å². The van der Waals surface area contributed by atoms with Gasteiger partial charge in [-0.25, -0.2) is 0 Å². The molecule has 2 aliphatic carbocycles. The number of nitrogens with zero attached hydrogens (tertiary/aromatic N) is 2. The van der Waals surface area contributed by atoms with E-state index in [1.54, 1.807) is 0 Å². The standard InChI is InChI=1S/C19H16N2O5/c22-19(15-7-5-13(20(23)24)9-17(15)11-1-2-11)16-8-6-14(21(25)26)10-18(16)12-3-4-12/h5-12H,1-4H2. The number of nitro benzene ring substituents is 2. The molecule has 0 unspecified atom stereocenters. The molecule has 0 atom stereocenters. The van der Waals surface area contributed by atoms with Crippen LogP contribution in [0.5, 0.6) is 0 Å². The van der Waals surface area contributed by atoms with E-state index in [9.17, 15) is 25.0 Å². The zero-order chi connectivity index (χ0) is 18.4. The number of hydrogen-bond donors (Lipinski definition) is 0. The zero-order valence-corrected chi connectivity index (χ0v) is 13.9. The van der Waals surface area contributed by atoms with Gasteiger partial charge in [-0.05, 0) is 60.8 Å². The predicted octanol–water partition coefficient (Wildman–Crippen LogP) is 4.49. The van der Waals surface area contributed by atoms with Gasteiger partial charge in [-0.2, -0.15) is 0 Å². The minimum Gasteiger partial charge on any atom is -0.289 e. The lowest BCUT2D eigenvalue weighted by atomic mass is 9.91. The van der Waals surface area contributed by atoms with Crippen LogP contribution in [-0.2, 0) is 0 Å². The molecule has 2 aliphatic rings. The Bertz CT molecular complexity index is 869. The molecule has 0 saturated heterocycles. The second-order valence-electron chi connectivity index (χ2n) is 6.93. The number of carbonyl (C=O) groups is 1. The fraction of sp³-hybridized carbons (Fsp3) is 0.316. The van der Waals surface area contributed by atoms with Crippen molar-refractivity contribution in [1.29, 1.82) is 0 Å². The van der Waals surface area contributed by atoms with E-state index in [2.05, 4.69) is 0 Å². The van der Waals surface area contributed by atoms with Crippen LogP contribution >= 0.6 is 0 Å². The number of ketones is 1. The second-order valence-corrected chi connectivity index (χ2v) is 6.93. The van der Waals surface area contributed by atoms with Crippen LogP contribution in [0.15, 0.2) is 36.4 Å². The molecule has 2 fully saturated rings. The molecule has 2 aromatic carbocycles. The summed E-state index contributed by atoms with van der Waals surface area (Å²) in [5.41, 5.74) is 2.32. The SMILES string of the molecule is O=C(c1ccc([N+](=O)[O-])cc1C1CC1)c1ccc([N+](=O)[O-])cc1C1CC1. The van der Waals surface area contributed by atoms with Crippen molar-refractivity contribution in [3.05, 3.63) is 78.9 Å². The van der Waals surface area contributed by atoms with Gasteiger partial charge in [0.1, 0.15) is 0 Å². The summed E-state index contributed by atoms with van der Waals surface area (Å²) in [4.78, 5) is 34.4. The molecule has 0 heterocycles. The first-order valence-corrected chi connectivity index (χ1v) is 8.57. The first kappa shape index (κ1) is 16.4. The van der Waals surface area contributed by atoms with Crippen molar-refractivity contribution in [2.45, 2.75) is 37.5 Å². The molecule has 0 aromatic heterocycles. The van der Waals surface area contributed by atoms with Crippen molar-refractivity contribution in [1.82, 2.24) is 0 Å². The second kappa shape index (κ2) is 6.01. The summed E-state index contributed by atoms with van der Waals surface area (Å²) in [7, 11) is 0. The molecule has 4 rings (SSSR count). The largest absolute Gasteiger partial charge is 0.289 e. The molecule has 26 heavy (non-hydrogen) atoms. The summed E-state index contributed by atoms with van der Waals surface area (Å²) in [5, 5.41) is 22.1. The van der Waals surface area contributed by atoms with Crippen LogP contribution in [0.4, 0.5) is 11.4 Å². The lowest BCUT2D eigenvalue weighted by molar-refractivity contribution is -0.385. The van der Waals surface area contributed by atoms with Crippen molar-refractivity contribution in [2.75, 3.05) is 0 Å². The summed E-state index contributed by atoms with van der Waals surface area (Å²) in [6, 6.07) is 8.72. The van der Waals surface area contributed by atoms with Crippen molar-refractivity contribution in [3.8, 4) is 0 Å². The van der Waals surface area contributed by atoms with Gasteiger partial charge in [-0.1, -0.05) is 0 Å². The highest BCUT2D eigenvalue weighted by Gasteiger charge is 2.33. The number of carbonyl (C=O) groups excluding carboxylic acids is 1. The molecule has 0 spiro atoms. The molecular formula is C19H16N2O5. The van der Waals surface area contributed by atoms with Crippen molar-refractivity contribution in [2.24, 2.45) is 0 Å². The third kappa shape index (κ3) is 2.96. The highest BCUT2D eigenvalue weighted by atomic mass is 16.6. The molecule has 0 amide bonds. The molecule has 0 N–H and O–H groups in total. The van der Waals surface area contributed by atoms with E-state index in [1.165, 1.54) is 36.4 Å². The van der Waals surface area contributed by atoms with Crippen molar-refractivity contribution < 1.29 is 14.6 Å². The van der Waals surface area contributed by atoms with Crippen LogP contribution < -0.4 is 0 Å². The van der Waals surface area contributed by atoms with Gasteiger partial charge in [-0.15, -0.1) is 0 Å². The van der Waals surface area contributed by atoms with E-state index >= 15 is 0 Å². The highest BCUT2D eigenvalue weighted by Crippen LogP contribution is 2.46. The number of non-ortho nitro benzene ring substituents is 2. The van der Waals surface area contributed by atoms with Gasteiger partial charge >= 0.3 is 0 Å².